The summed E-state index contributed by atoms with van der Waals surface area (Å²) in [6.07, 6.45) is 4.82. The van der Waals surface area contributed by atoms with Crippen molar-refractivity contribution in [2.45, 2.75) is 12.5 Å². The van der Waals surface area contributed by atoms with E-state index in [9.17, 15) is 4.79 Å². The van der Waals surface area contributed by atoms with E-state index in [1.54, 1.807) is 0 Å². The molecule has 2 heteroatoms. The van der Waals surface area contributed by atoms with Crippen LogP contribution >= 0.6 is 0 Å². The minimum Gasteiger partial charge on any atom is -0.301 e. The Hall–Kier alpha value is -2.61. The van der Waals surface area contributed by atoms with Crippen molar-refractivity contribution in [3.05, 3.63) is 84.5 Å². The molecule has 1 saturated heterocycles. The maximum Gasteiger partial charge on any atom is 0.254 e. The van der Waals surface area contributed by atoms with Crippen LogP contribution in [0.5, 0.6) is 0 Å². The van der Waals surface area contributed by atoms with Crippen molar-refractivity contribution >= 4 is 17.7 Å². The highest BCUT2D eigenvalue weighted by molar-refractivity contribution is 6.08. The average Bonchev–Trinajstić information content (AvgIpc) is 2.82. The fourth-order valence-corrected chi connectivity index (χ4v) is 2.59. The van der Waals surface area contributed by atoms with E-state index in [2.05, 4.69) is 30.9 Å². The molecule has 2 aromatic rings. The molecule has 0 aromatic heterocycles. The molecule has 0 bridgehead atoms. The largest absolute Gasteiger partial charge is 0.301 e. The van der Waals surface area contributed by atoms with Crippen LogP contribution in [-0.2, 0) is 4.79 Å². The molecular weight excluding hydrogens is 258 g/mol. The first-order chi connectivity index (χ1) is 10.3. The molecule has 0 radical (unpaired) electrons. The fraction of sp³-hybridized carbons (Fsp3) is 0.105. The predicted molar refractivity (Wildman–Crippen MR) is 86.9 cm³/mol. The first-order valence-corrected chi connectivity index (χ1v) is 7.05. The van der Waals surface area contributed by atoms with Gasteiger partial charge in [-0.15, -0.1) is 0 Å². The summed E-state index contributed by atoms with van der Waals surface area (Å²) in [4.78, 5) is 14.1. The van der Waals surface area contributed by atoms with Crippen molar-refractivity contribution in [1.29, 1.82) is 0 Å². The molecule has 21 heavy (non-hydrogen) atoms. The van der Waals surface area contributed by atoms with E-state index in [1.165, 1.54) is 0 Å². The number of anilines is 1. The van der Waals surface area contributed by atoms with Crippen molar-refractivity contribution in [3.63, 3.8) is 0 Å². The third-order valence-corrected chi connectivity index (χ3v) is 3.65. The SMILES string of the molecule is C=C1CC(/C=C/c2ccccc2)N(c2ccccc2)C1=O. The van der Waals surface area contributed by atoms with Crippen molar-refractivity contribution in [2.24, 2.45) is 0 Å². The van der Waals surface area contributed by atoms with Gasteiger partial charge in [-0.25, -0.2) is 0 Å². The van der Waals surface area contributed by atoms with E-state index in [0.29, 0.717) is 12.0 Å². The molecule has 0 saturated carbocycles. The molecule has 0 N–H and O–H groups in total. The van der Waals surface area contributed by atoms with Gasteiger partial charge >= 0.3 is 0 Å². The third-order valence-electron chi connectivity index (χ3n) is 3.65. The van der Waals surface area contributed by atoms with E-state index >= 15 is 0 Å². The standard InChI is InChI=1S/C19H17NO/c1-15-14-18(13-12-16-8-4-2-5-9-16)20(19(15)21)17-10-6-3-7-11-17/h2-13,18H,1,14H2/b13-12+. The topological polar surface area (TPSA) is 20.3 Å². The smallest absolute Gasteiger partial charge is 0.254 e. The van der Waals surface area contributed by atoms with Gasteiger partial charge in [-0.1, -0.05) is 67.3 Å². The molecule has 1 fully saturated rings. The highest BCUT2D eigenvalue weighted by atomic mass is 16.2. The van der Waals surface area contributed by atoms with Crippen molar-refractivity contribution in [2.75, 3.05) is 4.90 Å². The number of rotatable bonds is 3. The van der Waals surface area contributed by atoms with E-state index < -0.39 is 0 Å². The van der Waals surface area contributed by atoms with Crippen LogP contribution in [0, 0.1) is 0 Å². The normalized spacial score (nSPS) is 18.7. The summed E-state index contributed by atoms with van der Waals surface area (Å²) in [5, 5.41) is 0. The number of carbonyl (C=O) groups is 1. The summed E-state index contributed by atoms with van der Waals surface area (Å²) in [6, 6.07) is 19.9. The molecule has 3 rings (SSSR count). The lowest BCUT2D eigenvalue weighted by Crippen LogP contribution is -2.31. The fourth-order valence-electron chi connectivity index (χ4n) is 2.59. The quantitative estimate of drug-likeness (QED) is 0.773. The molecule has 2 nitrogen and oxygen atoms in total. The Kier molecular flexibility index (Phi) is 3.69. The highest BCUT2D eigenvalue weighted by Crippen LogP contribution is 2.30. The highest BCUT2D eigenvalue weighted by Gasteiger charge is 2.33. The maximum atomic E-state index is 12.3. The first-order valence-electron chi connectivity index (χ1n) is 7.05. The average molecular weight is 275 g/mol. The van der Waals surface area contributed by atoms with Gasteiger partial charge in [-0.2, -0.15) is 0 Å². The number of benzene rings is 2. The lowest BCUT2D eigenvalue weighted by molar-refractivity contribution is -0.114. The Morgan fingerprint density at radius 2 is 1.62 bits per heavy atom. The number of carbonyl (C=O) groups excluding carboxylic acids is 1. The van der Waals surface area contributed by atoms with Gasteiger partial charge in [0.25, 0.3) is 5.91 Å². The van der Waals surface area contributed by atoms with Crippen molar-refractivity contribution in [3.8, 4) is 0 Å². The van der Waals surface area contributed by atoms with E-state index in [1.807, 2.05) is 53.4 Å². The first kappa shape index (κ1) is 13.4. The zero-order valence-electron chi connectivity index (χ0n) is 11.8. The van der Waals surface area contributed by atoms with Crippen LogP contribution in [0.3, 0.4) is 0 Å². The van der Waals surface area contributed by atoms with Crippen LogP contribution in [0.15, 0.2) is 78.9 Å². The molecule has 2 aromatic carbocycles. The van der Waals surface area contributed by atoms with Gasteiger partial charge < -0.3 is 4.90 Å². The van der Waals surface area contributed by atoms with Crippen LogP contribution in [-0.4, -0.2) is 11.9 Å². The van der Waals surface area contributed by atoms with Crippen LogP contribution < -0.4 is 4.90 Å². The van der Waals surface area contributed by atoms with Gasteiger partial charge in [-0.3, -0.25) is 4.79 Å². The molecule has 1 aliphatic rings. The predicted octanol–water partition coefficient (Wildman–Crippen LogP) is 4.06. The molecular formula is C19H17NO. The van der Waals surface area contributed by atoms with Gasteiger partial charge in [0.05, 0.1) is 6.04 Å². The van der Waals surface area contributed by atoms with Crippen molar-refractivity contribution < 1.29 is 4.79 Å². The van der Waals surface area contributed by atoms with Gasteiger partial charge in [0, 0.05) is 17.7 Å². The number of para-hydroxylation sites is 1. The summed E-state index contributed by atoms with van der Waals surface area (Å²) in [7, 11) is 0. The Balaban J connectivity index is 1.88. The second kappa shape index (κ2) is 5.80. The van der Waals surface area contributed by atoms with Gasteiger partial charge in [-0.05, 0) is 17.7 Å². The number of hydrogen-bond acceptors (Lipinski definition) is 1. The molecule has 1 heterocycles. The van der Waals surface area contributed by atoms with E-state index in [0.717, 1.165) is 11.3 Å². The summed E-state index contributed by atoms with van der Waals surface area (Å²) in [5.74, 6) is 0.0175. The minimum absolute atomic E-state index is 0.0175. The van der Waals surface area contributed by atoms with Crippen LogP contribution in [0.25, 0.3) is 6.08 Å². The maximum absolute atomic E-state index is 12.3. The summed E-state index contributed by atoms with van der Waals surface area (Å²) < 4.78 is 0. The summed E-state index contributed by atoms with van der Waals surface area (Å²) >= 11 is 0. The van der Waals surface area contributed by atoms with Gasteiger partial charge in [0.2, 0.25) is 0 Å². The molecule has 0 spiro atoms. The second-order valence-electron chi connectivity index (χ2n) is 5.16. The summed E-state index contributed by atoms with van der Waals surface area (Å²) in [6.45, 7) is 3.89. The monoisotopic (exact) mass is 275 g/mol. The zero-order chi connectivity index (χ0) is 14.7. The van der Waals surface area contributed by atoms with Crippen LogP contribution in [0.2, 0.25) is 0 Å². The van der Waals surface area contributed by atoms with Gasteiger partial charge in [0.1, 0.15) is 0 Å². The number of amides is 1. The molecule has 104 valence electrons. The van der Waals surface area contributed by atoms with Crippen LogP contribution in [0.4, 0.5) is 5.69 Å². The molecule has 1 atom stereocenters. The van der Waals surface area contributed by atoms with Crippen LogP contribution in [0.1, 0.15) is 12.0 Å². The van der Waals surface area contributed by atoms with E-state index in [-0.39, 0.29) is 11.9 Å². The lowest BCUT2D eigenvalue weighted by Gasteiger charge is -2.22. The Morgan fingerprint density at radius 1 is 1.00 bits per heavy atom. The third kappa shape index (κ3) is 2.79. The molecule has 0 aliphatic carbocycles. The minimum atomic E-state index is 0.0175. The Morgan fingerprint density at radius 3 is 2.29 bits per heavy atom. The molecule has 1 aliphatic heterocycles. The zero-order valence-corrected chi connectivity index (χ0v) is 11.8. The number of hydrogen-bond donors (Lipinski definition) is 0. The lowest BCUT2D eigenvalue weighted by atomic mass is 10.1. The number of nitrogens with zero attached hydrogens (tertiary/aromatic N) is 1. The molecule has 1 amide bonds. The van der Waals surface area contributed by atoms with E-state index in [4.69, 9.17) is 0 Å². The Labute approximate surface area is 125 Å². The molecule has 1 unspecified atom stereocenters. The van der Waals surface area contributed by atoms with Crippen molar-refractivity contribution in [1.82, 2.24) is 0 Å². The summed E-state index contributed by atoms with van der Waals surface area (Å²) in [5.41, 5.74) is 2.72. The second-order valence-corrected chi connectivity index (χ2v) is 5.16. The Bertz CT molecular complexity index is 673. The van der Waals surface area contributed by atoms with Gasteiger partial charge in [0.15, 0.2) is 0 Å².